The lowest BCUT2D eigenvalue weighted by molar-refractivity contribution is 0.0701. The van der Waals surface area contributed by atoms with Gasteiger partial charge in [-0.15, -0.1) is 0 Å². The normalized spacial score (nSPS) is 14.2. The van der Waals surface area contributed by atoms with Crippen molar-refractivity contribution in [2.24, 2.45) is 7.05 Å². The zero-order chi connectivity index (χ0) is 14.3. The number of halogens is 1. The maximum absolute atomic E-state index is 12.5. The van der Waals surface area contributed by atoms with Crippen molar-refractivity contribution in [3.05, 3.63) is 44.8 Å². The van der Waals surface area contributed by atoms with Crippen molar-refractivity contribution in [1.29, 1.82) is 0 Å². The molecule has 0 radical (unpaired) electrons. The fraction of sp³-hybridized carbons (Fsp3) is 0.333. The second-order valence-electron chi connectivity index (χ2n) is 4.61. The Kier molecular flexibility index (Phi) is 3.17. The van der Waals surface area contributed by atoms with Crippen LogP contribution in [-0.4, -0.2) is 36.7 Å². The van der Waals surface area contributed by atoms with Gasteiger partial charge in [-0.3, -0.25) is 9.59 Å². The van der Waals surface area contributed by atoms with Gasteiger partial charge >= 0.3 is 0 Å². The van der Waals surface area contributed by atoms with Crippen molar-refractivity contribution < 1.29 is 4.79 Å². The topological polar surface area (TPSA) is 73.0 Å². The predicted octanol–water partition coefficient (Wildman–Crippen LogP) is 0.395. The van der Waals surface area contributed by atoms with E-state index in [0.29, 0.717) is 29.7 Å². The molecule has 1 aliphatic rings. The third-order valence-corrected chi connectivity index (χ3v) is 3.94. The lowest BCUT2D eigenvalue weighted by Gasteiger charge is -2.27. The first-order valence-corrected chi connectivity index (χ1v) is 6.87. The van der Waals surface area contributed by atoms with E-state index in [0.717, 1.165) is 5.82 Å². The van der Waals surface area contributed by atoms with Crippen LogP contribution in [0.25, 0.3) is 0 Å². The number of pyridine rings is 1. The molecule has 0 saturated carbocycles. The minimum absolute atomic E-state index is 0.177. The zero-order valence-corrected chi connectivity index (χ0v) is 12.4. The molecule has 8 heteroatoms. The highest BCUT2D eigenvalue weighted by Gasteiger charge is 2.24. The first-order valence-electron chi connectivity index (χ1n) is 6.08. The first kappa shape index (κ1) is 13.0. The average Bonchev–Trinajstić information content (AvgIpc) is 2.89. The summed E-state index contributed by atoms with van der Waals surface area (Å²) in [6.07, 6.45) is 3.08. The number of nitrogens with zero attached hydrogens (tertiary/aromatic N) is 5. The number of carbonyl (C=O) groups excluding carboxylic acids is 1. The van der Waals surface area contributed by atoms with Crippen LogP contribution in [0.4, 0.5) is 0 Å². The fourth-order valence-corrected chi connectivity index (χ4v) is 2.76. The molecule has 1 aliphatic heterocycles. The highest BCUT2D eigenvalue weighted by Crippen LogP contribution is 2.18. The number of aromatic nitrogens is 4. The lowest BCUT2D eigenvalue weighted by Crippen LogP contribution is -2.39. The van der Waals surface area contributed by atoms with Gasteiger partial charge in [-0.1, -0.05) is 0 Å². The van der Waals surface area contributed by atoms with Crippen LogP contribution >= 0.6 is 15.9 Å². The van der Waals surface area contributed by atoms with Crippen molar-refractivity contribution in [3.63, 3.8) is 0 Å². The predicted molar refractivity (Wildman–Crippen MR) is 74.1 cm³/mol. The molecular formula is C12H12BrN5O2. The van der Waals surface area contributed by atoms with Gasteiger partial charge in [0.2, 0.25) is 0 Å². The summed E-state index contributed by atoms with van der Waals surface area (Å²) in [5, 5.41) is 4.07. The minimum Gasteiger partial charge on any atom is -0.329 e. The molecule has 0 aromatic carbocycles. The van der Waals surface area contributed by atoms with E-state index in [-0.39, 0.29) is 11.5 Å². The molecule has 0 spiro atoms. The number of aryl methyl sites for hydroxylation is 1. The van der Waals surface area contributed by atoms with Gasteiger partial charge in [-0.05, 0) is 15.9 Å². The molecule has 104 valence electrons. The highest BCUT2D eigenvalue weighted by molar-refractivity contribution is 9.10. The minimum atomic E-state index is -0.211. The van der Waals surface area contributed by atoms with Gasteiger partial charge in [0, 0.05) is 30.3 Å². The largest absolute Gasteiger partial charge is 0.329 e. The van der Waals surface area contributed by atoms with E-state index in [4.69, 9.17) is 0 Å². The quantitative estimate of drug-likeness (QED) is 0.754. The van der Waals surface area contributed by atoms with Crippen LogP contribution in [0.1, 0.15) is 16.2 Å². The molecule has 0 unspecified atom stereocenters. The third-order valence-electron chi connectivity index (χ3n) is 3.31. The molecular weight excluding hydrogens is 326 g/mol. The van der Waals surface area contributed by atoms with Crippen LogP contribution in [0.5, 0.6) is 0 Å². The average molecular weight is 338 g/mol. The molecule has 7 nitrogen and oxygen atoms in total. The zero-order valence-electron chi connectivity index (χ0n) is 10.8. The van der Waals surface area contributed by atoms with Crippen molar-refractivity contribution >= 4 is 21.8 Å². The Balaban J connectivity index is 1.91. The van der Waals surface area contributed by atoms with E-state index in [1.807, 2.05) is 0 Å². The molecule has 3 rings (SSSR count). The van der Waals surface area contributed by atoms with Crippen LogP contribution in [0.15, 0.2) is 27.9 Å². The standard InChI is InChI=1S/C12H12BrN5O2/c1-16-5-9(13)8(4-11(16)19)12(20)17-2-3-18-10(6-17)14-7-15-18/h4-5,7H,2-3,6H2,1H3. The number of fused-ring (bicyclic) bond motifs is 1. The number of rotatable bonds is 1. The second kappa shape index (κ2) is 4.86. The van der Waals surface area contributed by atoms with Crippen molar-refractivity contribution in [2.75, 3.05) is 6.54 Å². The van der Waals surface area contributed by atoms with Gasteiger partial charge in [0.05, 0.1) is 18.7 Å². The smallest absolute Gasteiger partial charge is 0.255 e. The van der Waals surface area contributed by atoms with Crippen LogP contribution in [-0.2, 0) is 20.1 Å². The van der Waals surface area contributed by atoms with Crippen LogP contribution in [0, 0.1) is 0 Å². The summed E-state index contributed by atoms with van der Waals surface area (Å²) < 4.78 is 3.81. The highest BCUT2D eigenvalue weighted by atomic mass is 79.9. The van der Waals surface area contributed by atoms with Gasteiger partial charge in [0.25, 0.3) is 11.5 Å². The number of amides is 1. The van der Waals surface area contributed by atoms with Crippen LogP contribution < -0.4 is 5.56 Å². The van der Waals surface area contributed by atoms with Gasteiger partial charge in [-0.25, -0.2) is 9.67 Å². The Morgan fingerprint density at radius 3 is 3.00 bits per heavy atom. The Hall–Kier alpha value is -1.96. The Labute approximate surface area is 123 Å². The van der Waals surface area contributed by atoms with E-state index in [2.05, 4.69) is 26.0 Å². The summed E-state index contributed by atoms with van der Waals surface area (Å²) in [5.74, 6) is 0.577. The molecule has 3 heterocycles. The molecule has 2 aromatic rings. The number of carbonyl (C=O) groups is 1. The fourth-order valence-electron chi connectivity index (χ4n) is 2.17. The SMILES string of the molecule is Cn1cc(Br)c(C(=O)N2CCn3ncnc3C2)cc1=O. The van der Waals surface area contributed by atoms with Gasteiger partial charge in [-0.2, -0.15) is 5.10 Å². The molecule has 0 atom stereocenters. The molecule has 1 amide bonds. The number of hydrogen-bond donors (Lipinski definition) is 0. The van der Waals surface area contributed by atoms with Crippen LogP contribution in [0.2, 0.25) is 0 Å². The maximum atomic E-state index is 12.5. The summed E-state index contributed by atoms with van der Waals surface area (Å²) >= 11 is 3.33. The van der Waals surface area contributed by atoms with E-state index in [1.54, 1.807) is 22.8 Å². The van der Waals surface area contributed by atoms with Crippen LogP contribution in [0.3, 0.4) is 0 Å². The Morgan fingerprint density at radius 2 is 2.20 bits per heavy atom. The molecule has 20 heavy (non-hydrogen) atoms. The van der Waals surface area contributed by atoms with Gasteiger partial charge < -0.3 is 9.47 Å². The van der Waals surface area contributed by atoms with E-state index in [9.17, 15) is 9.59 Å². The van der Waals surface area contributed by atoms with E-state index in [1.165, 1.54) is 17.0 Å². The summed E-state index contributed by atoms with van der Waals surface area (Å²) in [4.78, 5) is 30.0. The molecule has 2 aromatic heterocycles. The lowest BCUT2D eigenvalue weighted by atomic mass is 10.2. The van der Waals surface area contributed by atoms with Crippen molar-refractivity contribution in [3.8, 4) is 0 Å². The monoisotopic (exact) mass is 337 g/mol. The van der Waals surface area contributed by atoms with Gasteiger partial charge in [0.15, 0.2) is 0 Å². The summed E-state index contributed by atoms with van der Waals surface area (Å²) in [5.41, 5.74) is 0.165. The molecule has 0 bridgehead atoms. The van der Waals surface area contributed by atoms with Crippen molar-refractivity contribution in [1.82, 2.24) is 24.2 Å². The first-order chi connectivity index (χ1) is 9.56. The summed E-state index contributed by atoms with van der Waals surface area (Å²) in [6, 6.07) is 1.35. The van der Waals surface area contributed by atoms with E-state index >= 15 is 0 Å². The van der Waals surface area contributed by atoms with Crippen molar-refractivity contribution in [2.45, 2.75) is 13.1 Å². The second-order valence-corrected chi connectivity index (χ2v) is 5.46. The van der Waals surface area contributed by atoms with Gasteiger partial charge in [0.1, 0.15) is 12.2 Å². The number of hydrogen-bond acceptors (Lipinski definition) is 4. The molecule has 0 N–H and O–H groups in total. The summed E-state index contributed by atoms with van der Waals surface area (Å²) in [6.45, 7) is 1.57. The molecule has 0 saturated heterocycles. The van der Waals surface area contributed by atoms with E-state index < -0.39 is 0 Å². The molecule has 0 fully saturated rings. The molecule has 0 aliphatic carbocycles. The summed E-state index contributed by atoms with van der Waals surface area (Å²) in [7, 11) is 1.64. The maximum Gasteiger partial charge on any atom is 0.255 e. The third kappa shape index (κ3) is 2.15. The Morgan fingerprint density at radius 1 is 1.40 bits per heavy atom. The Bertz CT molecular complexity index is 736.